The topological polar surface area (TPSA) is 35.2 Å². The van der Waals surface area contributed by atoms with Gasteiger partial charge in [-0.25, -0.2) is 0 Å². The van der Waals surface area contributed by atoms with Gasteiger partial charge in [0.2, 0.25) is 0 Å². The Bertz CT molecular complexity index is 284. The monoisotopic (exact) mass is 227 g/mol. The van der Waals surface area contributed by atoms with Crippen LogP contribution < -0.4 is 5.73 Å². The van der Waals surface area contributed by atoms with E-state index in [1.165, 1.54) is 5.56 Å². The maximum absolute atomic E-state index is 5.85. The van der Waals surface area contributed by atoms with Crippen LogP contribution in [0.2, 0.25) is 5.02 Å². The average molecular weight is 228 g/mol. The fourth-order valence-corrected chi connectivity index (χ4v) is 1.59. The van der Waals surface area contributed by atoms with Crippen LogP contribution in [0.4, 0.5) is 0 Å². The second-order valence-corrected chi connectivity index (χ2v) is 4.12. The number of benzene rings is 1. The van der Waals surface area contributed by atoms with Crippen LogP contribution in [0.5, 0.6) is 0 Å². The molecule has 0 saturated carbocycles. The molecule has 2 atom stereocenters. The third kappa shape index (κ3) is 4.20. The first-order chi connectivity index (χ1) is 7.13. The molecule has 2 nitrogen and oxygen atoms in total. The van der Waals surface area contributed by atoms with Crippen molar-refractivity contribution in [2.45, 2.75) is 32.4 Å². The fourth-order valence-electron chi connectivity index (χ4n) is 1.46. The molecule has 2 unspecified atom stereocenters. The number of rotatable bonds is 5. The first kappa shape index (κ1) is 12.5. The van der Waals surface area contributed by atoms with Gasteiger partial charge in [0.25, 0.3) is 0 Å². The van der Waals surface area contributed by atoms with E-state index in [2.05, 4.69) is 0 Å². The Morgan fingerprint density at radius 3 is 2.40 bits per heavy atom. The van der Waals surface area contributed by atoms with E-state index in [-0.39, 0.29) is 12.1 Å². The Morgan fingerprint density at radius 1 is 1.33 bits per heavy atom. The lowest BCUT2D eigenvalue weighted by Gasteiger charge is -2.20. The Balaban J connectivity index is 2.61. The summed E-state index contributed by atoms with van der Waals surface area (Å²) >= 11 is 5.82. The Hall–Kier alpha value is -0.570. The van der Waals surface area contributed by atoms with Gasteiger partial charge in [0, 0.05) is 24.1 Å². The van der Waals surface area contributed by atoms with Gasteiger partial charge in [0.15, 0.2) is 0 Å². The SMILES string of the molecule is CCOC(Cc1ccc(Cl)cc1)C(C)N. The third-order valence-corrected chi connectivity index (χ3v) is 2.57. The first-order valence-corrected chi connectivity index (χ1v) is 5.63. The number of nitrogens with two attached hydrogens (primary N) is 1. The smallest absolute Gasteiger partial charge is 0.0763 e. The van der Waals surface area contributed by atoms with Crippen molar-refractivity contribution >= 4 is 11.6 Å². The van der Waals surface area contributed by atoms with E-state index in [1.54, 1.807) is 0 Å². The van der Waals surface area contributed by atoms with E-state index in [1.807, 2.05) is 38.1 Å². The second kappa shape index (κ2) is 6.11. The molecular weight excluding hydrogens is 210 g/mol. The molecule has 1 rings (SSSR count). The minimum Gasteiger partial charge on any atom is -0.377 e. The van der Waals surface area contributed by atoms with E-state index < -0.39 is 0 Å². The molecule has 84 valence electrons. The lowest BCUT2D eigenvalue weighted by atomic mass is 10.0. The Kier molecular flexibility index (Phi) is 5.09. The number of hydrogen-bond donors (Lipinski definition) is 1. The highest BCUT2D eigenvalue weighted by Crippen LogP contribution is 2.13. The van der Waals surface area contributed by atoms with Gasteiger partial charge in [-0.15, -0.1) is 0 Å². The quantitative estimate of drug-likeness (QED) is 0.840. The zero-order chi connectivity index (χ0) is 11.3. The molecule has 3 heteroatoms. The van der Waals surface area contributed by atoms with Gasteiger partial charge in [0.05, 0.1) is 6.10 Å². The summed E-state index contributed by atoms with van der Waals surface area (Å²) in [6, 6.07) is 7.84. The highest BCUT2D eigenvalue weighted by molar-refractivity contribution is 6.30. The van der Waals surface area contributed by atoms with Crippen LogP contribution in [0.3, 0.4) is 0 Å². The summed E-state index contributed by atoms with van der Waals surface area (Å²) in [4.78, 5) is 0. The molecular formula is C12H18ClNO. The standard InChI is InChI=1S/C12H18ClNO/c1-3-15-12(9(2)14)8-10-4-6-11(13)7-5-10/h4-7,9,12H,3,8,14H2,1-2H3. The molecule has 0 radical (unpaired) electrons. The van der Waals surface area contributed by atoms with Gasteiger partial charge in [-0.2, -0.15) is 0 Å². The molecule has 0 spiro atoms. The summed E-state index contributed by atoms with van der Waals surface area (Å²) in [5, 5.41) is 0.757. The normalized spacial score (nSPS) is 14.9. The largest absolute Gasteiger partial charge is 0.377 e. The molecule has 0 saturated heterocycles. The van der Waals surface area contributed by atoms with Crippen molar-refractivity contribution in [2.75, 3.05) is 6.61 Å². The van der Waals surface area contributed by atoms with Crippen molar-refractivity contribution in [1.82, 2.24) is 0 Å². The molecule has 15 heavy (non-hydrogen) atoms. The third-order valence-electron chi connectivity index (χ3n) is 2.32. The minimum absolute atomic E-state index is 0.0422. The molecule has 1 aromatic rings. The van der Waals surface area contributed by atoms with Crippen molar-refractivity contribution in [1.29, 1.82) is 0 Å². The first-order valence-electron chi connectivity index (χ1n) is 5.25. The summed E-state index contributed by atoms with van der Waals surface area (Å²) in [6.45, 7) is 4.65. The molecule has 0 aliphatic heterocycles. The van der Waals surface area contributed by atoms with Gasteiger partial charge < -0.3 is 10.5 Å². The summed E-state index contributed by atoms with van der Waals surface area (Å²) in [5.41, 5.74) is 7.05. The van der Waals surface area contributed by atoms with Crippen molar-refractivity contribution < 1.29 is 4.74 Å². The van der Waals surface area contributed by atoms with Gasteiger partial charge in [-0.3, -0.25) is 0 Å². The van der Waals surface area contributed by atoms with Gasteiger partial charge in [0.1, 0.15) is 0 Å². The minimum atomic E-state index is 0.0422. The molecule has 0 bridgehead atoms. The average Bonchev–Trinajstić information content (AvgIpc) is 2.20. The van der Waals surface area contributed by atoms with Crippen LogP contribution in [0.1, 0.15) is 19.4 Å². The van der Waals surface area contributed by atoms with Crippen molar-refractivity contribution in [2.24, 2.45) is 5.73 Å². The van der Waals surface area contributed by atoms with E-state index in [9.17, 15) is 0 Å². The van der Waals surface area contributed by atoms with Crippen LogP contribution in [0, 0.1) is 0 Å². The van der Waals surface area contributed by atoms with E-state index in [0.29, 0.717) is 6.61 Å². The van der Waals surface area contributed by atoms with E-state index >= 15 is 0 Å². The Labute approximate surface area is 96.4 Å². The lowest BCUT2D eigenvalue weighted by Crippen LogP contribution is -2.35. The molecule has 0 amide bonds. The predicted molar refractivity (Wildman–Crippen MR) is 64.2 cm³/mol. The Morgan fingerprint density at radius 2 is 1.93 bits per heavy atom. The summed E-state index contributed by atoms with van der Waals surface area (Å²) < 4.78 is 5.58. The number of hydrogen-bond acceptors (Lipinski definition) is 2. The van der Waals surface area contributed by atoms with Crippen LogP contribution in [-0.2, 0) is 11.2 Å². The van der Waals surface area contributed by atoms with E-state index in [0.717, 1.165) is 11.4 Å². The van der Waals surface area contributed by atoms with Crippen LogP contribution in [0.25, 0.3) is 0 Å². The zero-order valence-corrected chi connectivity index (χ0v) is 10.00. The molecule has 2 N–H and O–H groups in total. The summed E-state index contributed by atoms with van der Waals surface area (Å²) in [6.07, 6.45) is 0.916. The summed E-state index contributed by atoms with van der Waals surface area (Å²) in [7, 11) is 0. The van der Waals surface area contributed by atoms with E-state index in [4.69, 9.17) is 22.1 Å². The van der Waals surface area contributed by atoms with Crippen LogP contribution in [0.15, 0.2) is 24.3 Å². The highest BCUT2D eigenvalue weighted by atomic mass is 35.5. The molecule has 0 heterocycles. The zero-order valence-electron chi connectivity index (χ0n) is 9.24. The highest BCUT2D eigenvalue weighted by Gasteiger charge is 2.13. The molecule has 0 fully saturated rings. The number of halogens is 1. The van der Waals surface area contributed by atoms with Crippen molar-refractivity contribution in [3.8, 4) is 0 Å². The van der Waals surface area contributed by atoms with Crippen LogP contribution in [-0.4, -0.2) is 18.8 Å². The fraction of sp³-hybridized carbons (Fsp3) is 0.500. The molecule has 0 aliphatic carbocycles. The lowest BCUT2D eigenvalue weighted by molar-refractivity contribution is 0.0487. The van der Waals surface area contributed by atoms with Gasteiger partial charge in [-0.05, 0) is 31.5 Å². The van der Waals surface area contributed by atoms with Crippen LogP contribution >= 0.6 is 11.6 Å². The molecule has 0 aromatic heterocycles. The number of ether oxygens (including phenoxy) is 1. The molecule has 1 aromatic carbocycles. The second-order valence-electron chi connectivity index (χ2n) is 3.68. The van der Waals surface area contributed by atoms with Crippen molar-refractivity contribution in [3.63, 3.8) is 0 Å². The van der Waals surface area contributed by atoms with Gasteiger partial charge in [-0.1, -0.05) is 23.7 Å². The predicted octanol–water partition coefficient (Wildman–Crippen LogP) is 2.63. The molecule has 0 aliphatic rings. The maximum Gasteiger partial charge on any atom is 0.0763 e. The maximum atomic E-state index is 5.85. The van der Waals surface area contributed by atoms with Crippen molar-refractivity contribution in [3.05, 3.63) is 34.9 Å². The van der Waals surface area contributed by atoms with Gasteiger partial charge >= 0.3 is 0 Å². The summed E-state index contributed by atoms with van der Waals surface area (Å²) in [5.74, 6) is 0.